The molecule has 112 valence electrons. The van der Waals surface area contributed by atoms with Gasteiger partial charge in [-0.05, 0) is 24.5 Å². The van der Waals surface area contributed by atoms with E-state index in [9.17, 15) is 0 Å². The average Bonchev–Trinajstić information content (AvgIpc) is 3.18. The molecule has 0 saturated carbocycles. The first-order valence-corrected chi connectivity index (χ1v) is 7.74. The maximum absolute atomic E-state index is 5.47. The van der Waals surface area contributed by atoms with Crippen LogP contribution in [0, 0.1) is 5.92 Å². The monoisotopic (exact) mass is 287 g/mol. The molecule has 4 heterocycles. The highest BCUT2D eigenvalue weighted by Gasteiger charge is 2.23. The molecule has 2 fully saturated rings. The van der Waals surface area contributed by atoms with Crippen LogP contribution in [0.5, 0.6) is 0 Å². The van der Waals surface area contributed by atoms with Gasteiger partial charge in [0.1, 0.15) is 5.82 Å². The number of aromatic nitrogens is 3. The van der Waals surface area contributed by atoms with Crippen molar-refractivity contribution in [1.82, 2.24) is 19.5 Å². The molecular weight excluding hydrogens is 266 g/mol. The minimum absolute atomic E-state index is 0.733. The number of rotatable bonds is 3. The van der Waals surface area contributed by atoms with Gasteiger partial charge < -0.3 is 9.64 Å². The summed E-state index contributed by atoms with van der Waals surface area (Å²) in [6.07, 6.45) is 4.90. The average molecular weight is 287 g/mol. The van der Waals surface area contributed by atoms with Crippen molar-refractivity contribution < 1.29 is 4.74 Å². The lowest BCUT2D eigenvalue weighted by Crippen LogP contribution is -2.48. The fourth-order valence-electron chi connectivity index (χ4n) is 3.23. The third-order valence-electron chi connectivity index (χ3n) is 4.48. The first kappa shape index (κ1) is 13.0. The van der Waals surface area contributed by atoms with Crippen LogP contribution in [0.4, 0.5) is 5.82 Å². The van der Waals surface area contributed by atoms with Crippen molar-refractivity contribution in [2.75, 3.05) is 50.8 Å². The quantitative estimate of drug-likeness (QED) is 0.839. The summed E-state index contributed by atoms with van der Waals surface area (Å²) in [5.41, 5.74) is 0.901. The van der Waals surface area contributed by atoms with Crippen LogP contribution in [-0.4, -0.2) is 65.4 Å². The molecule has 2 aliphatic heterocycles. The number of anilines is 1. The summed E-state index contributed by atoms with van der Waals surface area (Å²) in [6, 6.07) is 4.10. The number of nitrogens with zero attached hydrogens (tertiary/aromatic N) is 5. The van der Waals surface area contributed by atoms with E-state index in [0.29, 0.717) is 0 Å². The van der Waals surface area contributed by atoms with E-state index in [1.54, 1.807) is 6.20 Å². The summed E-state index contributed by atoms with van der Waals surface area (Å²) in [5.74, 6) is 1.78. The Morgan fingerprint density at radius 2 is 2.10 bits per heavy atom. The van der Waals surface area contributed by atoms with E-state index in [-0.39, 0.29) is 0 Å². The van der Waals surface area contributed by atoms with Crippen molar-refractivity contribution in [2.24, 2.45) is 5.92 Å². The van der Waals surface area contributed by atoms with E-state index in [4.69, 9.17) is 4.74 Å². The molecule has 0 spiro atoms. The maximum Gasteiger partial charge on any atom is 0.153 e. The highest BCUT2D eigenvalue weighted by Crippen LogP contribution is 2.17. The van der Waals surface area contributed by atoms with Gasteiger partial charge in [-0.1, -0.05) is 0 Å². The van der Waals surface area contributed by atoms with Crippen LogP contribution < -0.4 is 4.90 Å². The van der Waals surface area contributed by atoms with E-state index in [1.807, 2.05) is 16.8 Å². The minimum atomic E-state index is 0.733. The SMILES string of the molecule is c1cn2nc(N3CCN(CC4CCOC4)CC3)ccc2n1. The number of imidazole rings is 1. The highest BCUT2D eigenvalue weighted by atomic mass is 16.5. The molecule has 2 aromatic rings. The summed E-state index contributed by atoms with van der Waals surface area (Å²) in [6.45, 7) is 7.38. The van der Waals surface area contributed by atoms with Crippen molar-refractivity contribution in [3.63, 3.8) is 0 Å². The van der Waals surface area contributed by atoms with Crippen molar-refractivity contribution in [2.45, 2.75) is 6.42 Å². The molecule has 0 aliphatic carbocycles. The van der Waals surface area contributed by atoms with Gasteiger partial charge in [-0.2, -0.15) is 0 Å². The van der Waals surface area contributed by atoms with Gasteiger partial charge >= 0.3 is 0 Å². The fourth-order valence-corrected chi connectivity index (χ4v) is 3.23. The zero-order chi connectivity index (χ0) is 14.1. The van der Waals surface area contributed by atoms with Gasteiger partial charge in [-0.15, -0.1) is 5.10 Å². The molecule has 0 N–H and O–H groups in total. The number of fused-ring (bicyclic) bond motifs is 1. The molecule has 0 aromatic carbocycles. The molecule has 21 heavy (non-hydrogen) atoms. The topological polar surface area (TPSA) is 45.9 Å². The van der Waals surface area contributed by atoms with E-state index in [0.717, 1.165) is 56.8 Å². The second-order valence-electron chi connectivity index (χ2n) is 5.94. The summed E-state index contributed by atoms with van der Waals surface area (Å²) < 4.78 is 7.31. The second kappa shape index (κ2) is 5.61. The van der Waals surface area contributed by atoms with Crippen LogP contribution >= 0.6 is 0 Å². The van der Waals surface area contributed by atoms with Gasteiger partial charge in [-0.25, -0.2) is 9.50 Å². The zero-order valence-corrected chi connectivity index (χ0v) is 12.2. The number of hydrogen-bond donors (Lipinski definition) is 0. The Bertz CT molecular complexity index is 599. The van der Waals surface area contributed by atoms with Crippen LogP contribution in [0.3, 0.4) is 0 Å². The van der Waals surface area contributed by atoms with Crippen LogP contribution in [-0.2, 0) is 4.74 Å². The van der Waals surface area contributed by atoms with E-state index < -0.39 is 0 Å². The van der Waals surface area contributed by atoms with Gasteiger partial charge in [0.15, 0.2) is 5.65 Å². The van der Waals surface area contributed by atoms with Gasteiger partial charge in [0.2, 0.25) is 0 Å². The predicted octanol–water partition coefficient (Wildman–Crippen LogP) is 0.888. The standard InChI is InChI=1S/C15H21N5O/c1-2-15(17-20-5-4-16-14(1)20)19-8-6-18(7-9-19)11-13-3-10-21-12-13/h1-2,4-5,13H,3,6-12H2. The lowest BCUT2D eigenvalue weighted by molar-refractivity contribution is 0.164. The molecule has 4 rings (SSSR count). The molecule has 2 aliphatic rings. The molecule has 1 atom stereocenters. The number of piperazine rings is 1. The maximum atomic E-state index is 5.47. The lowest BCUT2D eigenvalue weighted by atomic mass is 10.1. The summed E-state index contributed by atoms with van der Waals surface area (Å²) >= 11 is 0. The first-order chi connectivity index (χ1) is 10.4. The van der Waals surface area contributed by atoms with Crippen LogP contribution in [0.15, 0.2) is 24.5 Å². The van der Waals surface area contributed by atoms with Gasteiger partial charge in [0, 0.05) is 51.7 Å². The zero-order valence-electron chi connectivity index (χ0n) is 12.2. The molecule has 6 nitrogen and oxygen atoms in total. The van der Waals surface area contributed by atoms with Crippen molar-refractivity contribution in [3.05, 3.63) is 24.5 Å². The van der Waals surface area contributed by atoms with Gasteiger partial charge in [-0.3, -0.25) is 4.90 Å². The fraction of sp³-hybridized carbons (Fsp3) is 0.600. The number of hydrogen-bond acceptors (Lipinski definition) is 5. The minimum Gasteiger partial charge on any atom is -0.381 e. The Kier molecular flexibility index (Phi) is 3.48. The Balaban J connectivity index is 1.37. The number of ether oxygens (including phenoxy) is 1. The molecule has 0 radical (unpaired) electrons. The largest absolute Gasteiger partial charge is 0.381 e. The normalized spacial score (nSPS) is 24.0. The van der Waals surface area contributed by atoms with Crippen LogP contribution in [0.1, 0.15) is 6.42 Å². The Morgan fingerprint density at radius 1 is 1.19 bits per heavy atom. The summed E-state index contributed by atoms with van der Waals surface area (Å²) in [7, 11) is 0. The van der Waals surface area contributed by atoms with Crippen molar-refractivity contribution in [3.8, 4) is 0 Å². The molecule has 2 aromatic heterocycles. The Hall–Kier alpha value is -1.66. The molecular formula is C15H21N5O. The van der Waals surface area contributed by atoms with Crippen LogP contribution in [0.25, 0.3) is 5.65 Å². The second-order valence-corrected chi connectivity index (χ2v) is 5.94. The smallest absolute Gasteiger partial charge is 0.153 e. The van der Waals surface area contributed by atoms with Crippen molar-refractivity contribution in [1.29, 1.82) is 0 Å². The summed E-state index contributed by atoms with van der Waals surface area (Å²) in [5, 5.41) is 4.63. The molecule has 1 unspecified atom stereocenters. The Labute approximate surface area is 124 Å². The van der Waals surface area contributed by atoms with Gasteiger partial charge in [0.05, 0.1) is 6.61 Å². The van der Waals surface area contributed by atoms with E-state index >= 15 is 0 Å². The molecule has 0 amide bonds. The van der Waals surface area contributed by atoms with E-state index in [1.165, 1.54) is 13.0 Å². The van der Waals surface area contributed by atoms with Gasteiger partial charge in [0.25, 0.3) is 0 Å². The highest BCUT2D eigenvalue weighted by molar-refractivity contribution is 5.46. The molecule has 2 saturated heterocycles. The molecule has 0 bridgehead atoms. The Morgan fingerprint density at radius 3 is 2.90 bits per heavy atom. The summed E-state index contributed by atoms with van der Waals surface area (Å²) in [4.78, 5) is 9.16. The molecule has 6 heteroatoms. The third-order valence-corrected chi connectivity index (χ3v) is 4.48. The van der Waals surface area contributed by atoms with Crippen molar-refractivity contribution >= 4 is 11.5 Å². The predicted molar refractivity (Wildman–Crippen MR) is 80.6 cm³/mol. The first-order valence-electron chi connectivity index (χ1n) is 7.74. The van der Waals surface area contributed by atoms with E-state index in [2.05, 4.69) is 25.9 Å². The van der Waals surface area contributed by atoms with Crippen LogP contribution in [0.2, 0.25) is 0 Å². The third kappa shape index (κ3) is 2.73. The lowest BCUT2D eigenvalue weighted by Gasteiger charge is -2.36.